The highest BCUT2D eigenvalue weighted by Gasteiger charge is 2.30. The van der Waals surface area contributed by atoms with E-state index >= 15 is 0 Å². The van der Waals surface area contributed by atoms with Crippen molar-refractivity contribution in [2.24, 2.45) is 5.41 Å². The van der Waals surface area contributed by atoms with Crippen molar-refractivity contribution in [2.75, 3.05) is 26.2 Å². The van der Waals surface area contributed by atoms with E-state index in [1.807, 2.05) is 0 Å². The minimum Gasteiger partial charge on any atom is -0.340 e. The Kier molecular flexibility index (Phi) is 4.45. The Balaban J connectivity index is 1.90. The fraction of sp³-hybridized carbons (Fsp3) is 0.800. The van der Waals surface area contributed by atoms with Crippen LogP contribution in [0.3, 0.4) is 0 Å². The molecule has 2 saturated heterocycles. The van der Waals surface area contributed by atoms with Gasteiger partial charge in [-0.05, 0) is 18.3 Å². The lowest BCUT2D eigenvalue weighted by Crippen LogP contribution is -2.45. The van der Waals surface area contributed by atoms with Gasteiger partial charge in [-0.15, -0.1) is 0 Å². The van der Waals surface area contributed by atoms with Gasteiger partial charge in [-0.25, -0.2) is 0 Å². The fourth-order valence-electron chi connectivity index (χ4n) is 2.73. The molecule has 0 atom stereocenters. The highest BCUT2D eigenvalue weighted by Crippen LogP contribution is 2.30. The number of likely N-dealkylation sites (tertiary alicyclic amines) is 2. The molecule has 0 unspecified atom stereocenters. The zero-order chi connectivity index (χ0) is 14.8. The van der Waals surface area contributed by atoms with Gasteiger partial charge in [-0.1, -0.05) is 13.8 Å². The number of amides is 2. The number of carbonyl (C=O) groups is 3. The summed E-state index contributed by atoms with van der Waals surface area (Å²) in [6.07, 6.45) is 3.25. The van der Waals surface area contributed by atoms with Crippen LogP contribution in [-0.2, 0) is 14.4 Å². The summed E-state index contributed by atoms with van der Waals surface area (Å²) in [5.74, 6) is 0.282. The lowest BCUT2D eigenvalue weighted by Gasteiger charge is -2.29. The number of nitrogens with zero attached hydrogens (tertiary/aromatic N) is 2. The summed E-state index contributed by atoms with van der Waals surface area (Å²) in [5.41, 5.74) is 0.172. The summed E-state index contributed by atoms with van der Waals surface area (Å²) >= 11 is 0. The van der Waals surface area contributed by atoms with E-state index in [0.717, 1.165) is 12.8 Å². The molecule has 2 aliphatic rings. The molecule has 2 aliphatic heterocycles. The van der Waals surface area contributed by atoms with E-state index in [-0.39, 0.29) is 29.6 Å². The monoisotopic (exact) mass is 280 g/mol. The van der Waals surface area contributed by atoms with E-state index in [1.165, 1.54) is 0 Å². The summed E-state index contributed by atoms with van der Waals surface area (Å²) in [4.78, 5) is 38.9. The molecule has 0 bridgehead atoms. The predicted molar refractivity (Wildman–Crippen MR) is 75.0 cm³/mol. The Morgan fingerprint density at radius 3 is 2.35 bits per heavy atom. The van der Waals surface area contributed by atoms with Crippen molar-refractivity contribution in [2.45, 2.75) is 46.0 Å². The fourth-order valence-corrected chi connectivity index (χ4v) is 2.73. The molecule has 20 heavy (non-hydrogen) atoms. The largest absolute Gasteiger partial charge is 0.340 e. The SMILES string of the molecule is CC1(C)CCC(=O)N(CC(=O)N2CCC(=O)CC2)CC1. The number of Topliss-reactive ketones (excluding diaryl/α,β-unsaturated/α-hetero) is 1. The van der Waals surface area contributed by atoms with Gasteiger partial charge in [0.1, 0.15) is 5.78 Å². The molecule has 5 nitrogen and oxygen atoms in total. The normalized spacial score (nSPS) is 23.7. The standard InChI is InChI=1S/C15H24N2O3/c1-15(2)6-3-13(19)17(10-7-15)11-14(20)16-8-4-12(18)5-9-16/h3-11H2,1-2H3. The lowest BCUT2D eigenvalue weighted by atomic mass is 9.85. The predicted octanol–water partition coefficient (Wildman–Crippen LogP) is 1.22. The van der Waals surface area contributed by atoms with E-state index in [0.29, 0.717) is 38.9 Å². The van der Waals surface area contributed by atoms with E-state index in [2.05, 4.69) is 13.8 Å². The number of hydrogen-bond donors (Lipinski definition) is 0. The number of hydrogen-bond acceptors (Lipinski definition) is 3. The molecule has 2 heterocycles. The van der Waals surface area contributed by atoms with Crippen molar-refractivity contribution >= 4 is 17.6 Å². The Bertz CT molecular complexity index is 407. The molecular formula is C15H24N2O3. The van der Waals surface area contributed by atoms with Crippen molar-refractivity contribution in [1.29, 1.82) is 0 Å². The van der Waals surface area contributed by atoms with Crippen molar-refractivity contribution in [3.8, 4) is 0 Å². The Morgan fingerprint density at radius 1 is 1.05 bits per heavy atom. The molecule has 2 rings (SSSR count). The lowest BCUT2D eigenvalue weighted by molar-refractivity contribution is -0.141. The molecule has 0 aromatic rings. The van der Waals surface area contributed by atoms with Gasteiger partial charge in [0.05, 0.1) is 6.54 Å². The molecular weight excluding hydrogens is 256 g/mol. The Labute approximate surface area is 120 Å². The van der Waals surface area contributed by atoms with E-state index in [4.69, 9.17) is 0 Å². The summed E-state index contributed by atoms with van der Waals surface area (Å²) in [6, 6.07) is 0. The second-order valence-electron chi connectivity index (χ2n) is 6.65. The van der Waals surface area contributed by atoms with Crippen molar-refractivity contribution in [3.05, 3.63) is 0 Å². The van der Waals surface area contributed by atoms with Crippen LogP contribution in [0, 0.1) is 5.41 Å². The molecule has 5 heteroatoms. The molecule has 2 fully saturated rings. The minimum absolute atomic E-state index is 0.0226. The zero-order valence-electron chi connectivity index (χ0n) is 12.5. The minimum atomic E-state index is -0.0226. The molecule has 112 valence electrons. The maximum absolute atomic E-state index is 12.2. The van der Waals surface area contributed by atoms with Gasteiger partial charge in [0.25, 0.3) is 0 Å². The quantitative estimate of drug-likeness (QED) is 0.764. The Hall–Kier alpha value is -1.39. The zero-order valence-corrected chi connectivity index (χ0v) is 12.5. The highest BCUT2D eigenvalue weighted by molar-refractivity contribution is 5.87. The Morgan fingerprint density at radius 2 is 1.70 bits per heavy atom. The van der Waals surface area contributed by atoms with Gasteiger partial charge >= 0.3 is 0 Å². The summed E-state index contributed by atoms with van der Waals surface area (Å²) < 4.78 is 0. The molecule has 0 spiro atoms. The first-order chi connectivity index (χ1) is 9.37. The number of ketones is 1. The smallest absolute Gasteiger partial charge is 0.242 e. The molecule has 0 aromatic carbocycles. The second kappa shape index (κ2) is 5.94. The van der Waals surface area contributed by atoms with Crippen LogP contribution in [0.4, 0.5) is 0 Å². The second-order valence-corrected chi connectivity index (χ2v) is 6.65. The van der Waals surface area contributed by atoms with E-state index < -0.39 is 0 Å². The van der Waals surface area contributed by atoms with Gasteiger partial charge < -0.3 is 9.80 Å². The van der Waals surface area contributed by atoms with Crippen molar-refractivity contribution in [3.63, 3.8) is 0 Å². The number of piperidine rings is 1. The molecule has 2 amide bonds. The highest BCUT2D eigenvalue weighted by atomic mass is 16.2. The van der Waals surface area contributed by atoms with Crippen molar-refractivity contribution < 1.29 is 14.4 Å². The average molecular weight is 280 g/mol. The topological polar surface area (TPSA) is 57.7 Å². The number of rotatable bonds is 2. The van der Waals surface area contributed by atoms with Gasteiger partial charge in [0, 0.05) is 38.9 Å². The van der Waals surface area contributed by atoms with Crippen molar-refractivity contribution in [1.82, 2.24) is 9.80 Å². The molecule has 0 radical (unpaired) electrons. The first-order valence-electron chi connectivity index (χ1n) is 7.45. The number of carbonyl (C=O) groups excluding carboxylic acids is 3. The van der Waals surface area contributed by atoms with Crippen LogP contribution >= 0.6 is 0 Å². The molecule has 0 aliphatic carbocycles. The summed E-state index contributed by atoms with van der Waals surface area (Å²) in [7, 11) is 0. The van der Waals surface area contributed by atoms with Gasteiger partial charge in [0.15, 0.2) is 0 Å². The first-order valence-corrected chi connectivity index (χ1v) is 7.45. The first kappa shape index (κ1) is 15.0. The van der Waals surface area contributed by atoms with E-state index in [1.54, 1.807) is 9.80 Å². The summed E-state index contributed by atoms with van der Waals surface area (Å²) in [6.45, 7) is 6.17. The summed E-state index contributed by atoms with van der Waals surface area (Å²) in [5, 5.41) is 0. The molecule has 0 saturated carbocycles. The van der Waals surface area contributed by atoms with Gasteiger partial charge in [0.2, 0.25) is 11.8 Å². The average Bonchev–Trinajstić information content (AvgIpc) is 2.52. The molecule has 0 aromatic heterocycles. The maximum atomic E-state index is 12.2. The van der Waals surface area contributed by atoms with Gasteiger partial charge in [-0.2, -0.15) is 0 Å². The third-order valence-corrected chi connectivity index (χ3v) is 4.43. The van der Waals surface area contributed by atoms with Gasteiger partial charge in [-0.3, -0.25) is 14.4 Å². The van der Waals surface area contributed by atoms with Crippen LogP contribution in [0.2, 0.25) is 0 Å². The maximum Gasteiger partial charge on any atom is 0.242 e. The third-order valence-electron chi connectivity index (χ3n) is 4.43. The van der Waals surface area contributed by atoms with Crippen LogP contribution < -0.4 is 0 Å². The van der Waals surface area contributed by atoms with Crippen LogP contribution in [0.1, 0.15) is 46.0 Å². The van der Waals surface area contributed by atoms with Crippen LogP contribution in [0.5, 0.6) is 0 Å². The van der Waals surface area contributed by atoms with Crippen LogP contribution in [0.15, 0.2) is 0 Å². The van der Waals surface area contributed by atoms with Crippen LogP contribution in [0.25, 0.3) is 0 Å². The van der Waals surface area contributed by atoms with Crippen LogP contribution in [-0.4, -0.2) is 53.6 Å². The van der Waals surface area contributed by atoms with E-state index in [9.17, 15) is 14.4 Å². The third kappa shape index (κ3) is 3.81. The molecule has 0 N–H and O–H groups in total.